The molecule has 4 heterocycles. The van der Waals surface area contributed by atoms with Crippen molar-refractivity contribution in [3.05, 3.63) is 107 Å². The lowest BCUT2D eigenvalue weighted by Gasteiger charge is -2.06. The summed E-state index contributed by atoms with van der Waals surface area (Å²) in [5, 5.41) is 0. The van der Waals surface area contributed by atoms with Crippen molar-refractivity contribution in [3.63, 3.8) is 0 Å². The fraction of sp³-hybridized carbons (Fsp3) is 0. The highest BCUT2D eigenvalue weighted by molar-refractivity contribution is 7.29. The van der Waals surface area contributed by atoms with E-state index < -0.39 is 69.3 Å². The lowest BCUT2D eigenvalue weighted by molar-refractivity contribution is 0.381. The average Bonchev–Trinajstić information content (AvgIpc) is 3.79. The van der Waals surface area contributed by atoms with Gasteiger partial charge in [-0.3, -0.25) is 0 Å². The van der Waals surface area contributed by atoms with Crippen LogP contribution in [0, 0.1) is 58.2 Å². The molecule has 2 aromatic carbocycles. The van der Waals surface area contributed by atoms with Crippen LogP contribution in [0.25, 0.3) is 50.1 Å². The molecule has 0 aliphatic rings. The Morgan fingerprint density at radius 2 is 0.405 bits per heavy atom. The van der Waals surface area contributed by atoms with Crippen LogP contribution in [0.4, 0.5) is 43.9 Å². The Morgan fingerprint density at radius 3 is 0.643 bits per heavy atom. The van der Waals surface area contributed by atoms with Crippen molar-refractivity contribution in [3.8, 4) is 50.1 Å². The lowest BCUT2D eigenvalue weighted by Crippen LogP contribution is -2.03. The Morgan fingerprint density at radius 1 is 0.238 bits per heavy atom. The molecule has 0 unspecified atom stereocenters. The summed E-state index contributed by atoms with van der Waals surface area (Å²) in [4.78, 5) is 3.60. The van der Waals surface area contributed by atoms with Crippen LogP contribution in [-0.4, -0.2) is 0 Å². The van der Waals surface area contributed by atoms with E-state index in [1.165, 1.54) is 46.9 Å². The van der Waals surface area contributed by atoms with Gasteiger partial charge < -0.3 is 0 Å². The molecule has 14 heteroatoms. The summed E-state index contributed by atoms with van der Waals surface area (Å²) in [6.45, 7) is 0. The van der Waals surface area contributed by atoms with E-state index in [1.807, 2.05) is 0 Å². The van der Waals surface area contributed by atoms with Gasteiger partial charge in [-0.25, -0.2) is 43.9 Å². The molecule has 0 bridgehead atoms. The van der Waals surface area contributed by atoms with Crippen LogP contribution < -0.4 is 0 Å². The predicted molar refractivity (Wildman–Crippen MR) is 145 cm³/mol. The van der Waals surface area contributed by atoms with Crippen molar-refractivity contribution in [1.82, 2.24) is 0 Å². The maximum atomic E-state index is 14.3. The van der Waals surface area contributed by atoms with Gasteiger partial charge >= 0.3 is 0 Å². The van der Waals surface area contributed by atoms with E-state index in [0.717, 1.165) is 32.4 Å². The average molecular weight is 663 g/mol. The van der Waals surface area contributed by atoms with Crippen molar-refractivity contribution in [2.75, 3.05) is 0 Å². The van der Waals surface area contributed by atoms with Crippen LogP contribution in [0.1, 0.15) is 0 Å². The fourth-order valence-electron chi connectivity index (χ4n) is 4.06. The third-order valence-electron chi connectivity index (χ3n) is 6.06. The van der Waals surface area contributed by atoms with Gasteiger partial charge in [0.1, 0.15) is 0 Å². The molecule has 0 saturated heterocycles. The Labute approximate surface area is 245 Å². The smallest absolute Gasteiger partial charge is 0.200 e. The van der Waals surface area contributed by atoms with Crippen molar-refractivity contribution in [1.29, 1.82) is 0 Å². The monoisotopic (exact) mass is 662 g/mol. The van der Waals surface area contributed by atoms with Gasteiger partial charge in [-0.05, 0) is 48.5 Å². The molecule has 42 heavy (non-hydrogen) atoms. The number of thiophene rings is 4. The number of benzene rings is 2. The molecule has 0 atom stereocenters. The van der Waals surface area contributed by atoms with Crippen LogP contribution in [0.3, 0.4) is 0 Å². The van der Waals surface area contributed by atoms with E-state index in [4.69, 9.17) is 0 Å². The molecule has 0 radical (unpaired) electrons. The molecule has 0 aliphatic carbocycles. The molecule has 0 aliphatic heterocycles. The minimum absolute atomic E-state index is 0.145. The molecule has 6 aromatic rings. The van der Waals surface area contributed by atoms with Crippen molar-refractivity contribution < 1.29 is 43.9 Å². The minimum Gasteiger partial charge on any atom is -0.203 e. The van der Waals surface area contributed by atoms with Gasteiger partial charge in [-0.15, -0.1) is 45.3 Å². The second-order valence-corrected chi connectivity index (χ2v) is 12.9. The van der Waals surface area contributed by atoms with Gasteiger partial charge in [0, 0.05) is 39.0 Å². The van der Waals surface area contributed by atoms with Gasteiger partial charge in [0.05, 0.1) is 11.1 Å². The third-order valence-corrected chi connectivity index (χ3v) is 11.0. The topological polar surface area (TPSA) is 0 Å². The van der Waals surface area contributed by atoms with Crippen molar-refractivity contribution in [2.45, 2.75) is 0 Å². The first-order chi connectivity index (χ1) is 20.0. The molecule has 0 N–H and O–H groups in total. The second kappa shape index (κ2) is 10.7. The number of rotatable bonds is 5. The van der Waals surface area contributed by atoms with Crippen LogP contribution in [-0.2, 0) is 0 Å². The summed E-state index contributed by atoms with van der Waals surface area (Å²) in [6.07, 6.45) is 0. The maximum Gasteiger partial charge on any atom is 0.200 e. The highest BCUT2D eigenvalue weighted by Gasteiger charge is 2.29. The summed E-state index contributed by atoms with van der Waals surface area (Å²) < 4.78 is 139. The highest BCUT2D eigenvalue weighted by atomic mass is 32.1. The molecule has 0 nitrogen and oxygen atoms in total. The van der Waals surface area contributed by atoms with Gasteiger partial charge in [-0.1, -0.05) is 0 Å². The Kier molecular flexibility index (Phi) is 7.28. The standard InChI is InChI=1S/C28H8F10S4/c29-19-17(20(30)24(34)27(37)23(19)33)15-7-5-13(41-15)11-3-1-9(39-11)10-2-4-12(40-10)14-6-8-16(42-14)18-21(31)25(35)28(38)26(36)22(18)32/h1-8H. The zero-order valence-corrected chi connectivity index (χ0v) is 23.3. The van der Waals surface area contributed by atoms with Gasteiger partial charge in [0.2, 0.25) is 11.6 Å². The Balaban J connectivity index is 1.28. The highest BCUT2D eigenvalue weighted by Crippen LogP contribution is 2.46. The SMILES string of the molecule is Fc1c(F)c(F)c(-c2ccc(-c3ccc(-c4ccc(-c5ccc(-c6c(F)c(F)c(F)c(F)c6F)s5)s4)s3)s2)c(F)c1F. The fourth-order valence-corrected chi connectivity index (χ4v) is 8.42. The van der Waals surface area contributed by atoms with Gasteiger partial charge in [-0.2, -0.15) is 0 Å². The van der Waals surface area contributed by atoms with E-state index >= 15 is 0 Å². The molecule has 4 aromatic heterocycles. The van der Waals surface area contributed by atoms with E-state index in [-0.39, 0.29) is 9.75 Å². The maximum absolute atomic E-state index is 14.3. The molecule has 0 fully saturated rings. The summed E-state index contributed by atoms with van der Waals surface area (Å²) >= 11 is 4.29. The number of hydrogen-bond acceptors (Lipinski definition) is 4. The van der Waals surface area contributed by atoms with Crippen LogP contribution in [0.2, 0.25) is 0 Å². The van der Waals surface area contributed by atoms with Crippen molar-refractivity contribution >= 4 is 45.3 Å². The van der Waals surface area contributed by atoms with Gasteiger partial charge in [0.15, 0.2) is 46.5 Å². The molecular weight excluding hydrogens is 655 g/mol. The zero-order valence-electron chi connectivity index (χ0n) is 20.0. The molecule has 214 valence electrons. The molecular formula is C28H8F10S4. The van der Waals surface area contributed by atoms with Crippen LogP contribution in [0.15, 0.2) is 48.5 Å². The molecule has 6 rings (SSSR count). The molecule has 0 spiro atoms. The number of hydrogen-bond donors (Lipinski definition) is 0. The number of halogens is 10. The quantitative estimate of drug-likeness (QED) is 0.0979. The van der Waals surface area contributed by atoms with Gasteiger partial charge in [0.25, 0.3) is 0 Å². The predicted octanol–water partition coefficient (Wildman–Crippen LogP) is 11.7. The third kappa shape index (κ3) is 4.57. The van der Waals surface area contributed by atoms with Crippen LogP contribution in [0.5, 0.6) is 0 Å². The molecule has 0 saturated carbocycles. The molecule has 0 amide bonds. The minimum atomic E-state index is -2.24. The Bertz CT molecular complexity index is 1810. The van der Waals surface area contributed by atoms with Crippen molar-refractivity contribution in [2.24, 2.45) is 0 Å². The van der Waals surface area contributed by atoms with E-state index in [2.05, 4.69) is 0 Å². The van der Waals surface area contributed by atoms with E-state index in [0.29, 0.717) is 19.5 Å². The second-order valence-electron chi connectivity index (χ2n) is 8.55. The normalized spacial score (nSPS) is 11.6. The summed E-state index contributed by atoms with van der Waals surface area (Å²) in [7, 11) is 0. The van der Waals surface area contributed by atoms with E-state index in [1.54, 1.807) is 24.3 Å². The first kappa shape index (κ1) is 28.6. The van der Waals surface area contributed by atoms with Crippen LogP contribution >= 0.6 is 45.3 Å². The summed E-state index contributed by atoms with van der Waals surface area (Å²) in [5.41, 5.74) is -2.02. The lowest BCUT2D eigenvalue weighted by atomic mass is 10.1. The first-order valence-electron chi connectivity index (χ1n) is 11.4. The Hall–Kier alpha value is -3.46. The summed E-state index contributed by atoms with van der Waals surface area (Å²) in [6, 6.07) is 12.5. The first-order valence-corrected chi connectivity index (χ1v) is 14.7. The largest absolute Gasteiger partial charge is 0.203 e. The zero-order chi connectivity index (χ0) is 30.0. The van der Waals surface area contributed by atoms with E-state index in [9.17, 15) is 43.9 Å². The summed E-state index contributed by atoms with van der Waals surface area (Å²) in [5.74, 6) is -20.3.